The standard InChI is InChI=1S/C34H53NO2/c1-6-35-34-17-7-8-28(34)27-13-14-29-31(3)18-15-25(23-9-11-24(12-10-23)30(36)37)22(2)26(31)16-19-33(29,5)32(27,4)20-21-34/h9,15,22,24,26-29,35H,6-8,10-14,16-21H2,1-5H3,(H,36,37)/t22?,24?,26?,27?,28?,29?,31?,32-,33?,34?/m1/s1. The largest absolute Gasteiger partial charge is 0.481 e. The fourth-order valence-corrected chi connectivity index (χ4v) is 12.2. The molecule has 6 aliphatic carbocycles. The number of rotatable bonds is 4. The van der Waals surface area contributed by atoms with Crippen LogP contribution >= 0.6 is 0 Å². The molecule has 3 heteroatoms. The number of hydrogen-bond acceptors (Lipinski definition) is 2. The second-order valence-electron chi connectivity index (χ2n) is 15.1. The van der Waals surface area contributed by atoms with Crippen LogP contribution in [0.5, 0.6) is 0 Å². The second-order valence-corrected chi connectivity index (χ2v) is 15.1. The van der Waals surface area contributed by atoms with Crippen LogP contribution in [0.3, 0.4) is 0 Å². The Balaban J connectivity index is 1.28. The molecule has 37 heavy (non-hydrogen) atoms. The van der Waals surface area contributed by atoms with E-state index < -0.39 is 5.97 Å². The van der Waals surface area contributed by atoms with Crippen LogP contribution in [0.25, 0.3) is 0 Å². The molecule has 3 nitrogen and oxygen atoms in total. The van der Waals surface area contributed by atoms with Gasteiger partial charge in [0.25, 0.3) is 0 Å². The molecular formula is C34H53NO2. The Morgan fingerprint density at radius 1 is 0.946 bits per heavy atom. The monoisotopic (exact) mass is 507 g/mol. The summed E-state index contributed by atoms with van der Waals surface area (Å²) >= 11 is 0. The zero-order chi connectivity index (χ0) is 26.2. The molecule has 0 aliphatic heterocycles. The van der Waals surface area contributed by atoms with Gasteiger partial charge in [-0.1, -0.05) is 53.2 Å². The van der Waals surface area contributed by atoms with Crippen molar-refractivity contribution in [2.24, 2.45) is 51.8 Å². The summed E-state index contributed by atoms with van der Waals surface area (Å²) in [5, 5.41) is 13.5. The Labute approximate surface area is 226 Å². The first-order valence-corrected chi connectivity index (χ1v) is 16.0. The molecule has 206 valence electrons. The van der Waals surface area contributed by atoms with E-state index in [4.69, 9.17) is 0 Å². The number of carboxylic acid groups (broad SMARTS) is 1. The minimum Gasteiger partial charge on any atom is -0.481 e. The van der Waals surface area contributed by atoms with Crippen molar-refractivity contribution in [3.05, 3.63) is 23.3 Å². The number of aliphatic carboxylic acids is 1. The molecule has 0 bridgehead atoms. The van der Waals surface area contributed by atoms with Gasteiger partial charge in [0.2, 0.25) is 0 Å². The zero-order valence-electron chi connectivity index (χ0n) is 24.4. The number of hydrogen-bond donors (Lipinski definition) is 2. The van der Waals surface area contributed by atoms with Gasteiger partial charge in [0.1, 0.15) is 0 Å². The third-order valence-corrected chi connectivity index (χ3v) is 14.2. The highest BCUT2D eigenvalue weighted by molar-refractivity contribution is 5.70. The molecule has 0 heterocycles. The Morgan fingerprint density at radius 3 is 2.46 bits per heavy atom. The summed E-state index contributed by atoms with van der Waals surface area (Å²) in [6, 6.07) is 0. The predicted molar refractivity (Wildman–Crippen MR) is 151 cm³/mol. The van der Waals surface area contributed by atoms with Crippen LogP contribution < -0.4 is 5.32 Å². The summed E-state index contributed by atoms with van der Waals surface area (Å²) in [6.45, 7) is 14.1. The zero-order valence-corrected chi connectivity index (χ0v) is 24.4. The van der Waals surface area contributed by atoms with E-state index in [9.17, 15) is 9.90 Å². The number of carboxylic acids is 1. The molecule has 9 unspecified atom stereocenters. The Bertz CT molecular complexity index is 998. The smallest absolute Gasteiger partial charge is 0.306 e. The number of fused-ring (bicyclic) bond motifs is 7. The highest BCUT2D eigenvalue weighted by atomic mass is 16.4. The highest BCUT2D eigenvalue weighted by Gasteiger charge is 2.68. The van der Waals surface area contributed by atoms with Gasteiger partial charge in [-0.25, -0.2) is 0 Å². The third kappa shape index (κ3) is 3.57. The minimum atomic E-state index is -0.618. The summed E-state index contributed by atoms with van der Waals surface area (Å²) in [6.07, 6.45) is 21.4. The van der Waals surface area contributed by atoms with Crippen LogP contribution in [0.15, 0.2) is 23.3 Å². The minimum absolute atomic E-state index is 0.179. The van der Waals surface area contributed by atoms with Crippen LogP contribution in [-0.4, -0.2) is 23.2 Å². The van der Waals surface area contributed by atoms with Gasteiger partial charge >= 0.3 is 5.97 Å². The molecule has 0 saturated heterocycles. The lowest BCUT2D eigenvalue weighted by molar-refractivity contribution is -0.212. The van der Waals surface area contributed by atoms with Gasteiger partial charge in [-0.2, -0.15) is 0 Å². The average Bonchev–Trinajstić information content (AvgIpc) is 3.29. The van der Waals surface area contributed by atoms with Crippen LogP contribution in [0, 0.1) is 51.8 Å². The molecule has 0 amide bonds. The van der Waals surface area contributed by atoms with Gasteiger partial charge in [-0.15, -0.1) is 0 Å². The average molecular weight is 508 g/mol. The van der Waals surface area contributed by atoms with Gasteiger partial charge in [-0.05, 0) is 141 Å². The SMILES string of the molecule is CCNC12CCCC1C1CCC3C4(C)CC=C(C5=CCC(C(=O)O)CC5)C(C)C4CCC3(C)[C@]1(C)CC2. The molecule has 0 aromatic rings. The third-order valence-electron chi connectivity index (χ3n) is 14.2. The number of carbonyl (C=O) groups is 1. The van der Waals surface area contributed by atoms with E-state index in [0.717, 1.165) is 43.1 Å². The van der Waals surface area contributed by atoms with Crippen molar-refractivity contribution in [3.63, 3.8) is 0 Å². The molecule has 2 N–H and O–H groups in total. The van der Waals surface area contributed by atoms with Crippen molar-refractivity contribution < 1.29 is 9.90 Å². The van der Waals surface area contributed by atoms with Crippen LogP contribution in [0.2, 0.25) is 0 Å². The lowest BCUT2D eigenvalue weighted by Crippen LogP contribution is -2.66. The molecule has 4 fully saturated rings. The summed E-state index contributed by atoms with van der Waals surface area (Å²) in [4.78, 5) is 11.5. The van der Waals surface area contributed by atoms with E-state index >= 15 is 0 Å². The quantitative estimate of drug-likeness (QED) is 0.403. The van der Waals surface area contributed by atoms with E-state index in [1.807, 2.05) is 0 Å². The van der Waals surface area contributed by atoms with Crippen molar-refractivity contribution in [1.29, 1.82) is 0 Å². The van der Waals surface area contributed by atoms with Gasteiger partial charge < -0.3 is 10.4 Å². The van der Waals surface area contributed by atoms with Crippen molar-refractivity contribution in [2.75, 3.05) is 6.54 Å². The second kappa shape index (κ2) is 8.97. The number of allylic oxidation sites excluding steroid dienone is 4. The lowest BCUT2D eigenvalue weighted by Gasteiger charge is -2.71. The molecule has 0 radical (unpaired) electrons. The van der Waals surface area contributed by atoms with Gasteiger partial charge in [0, 0.05) is 5.54 Å². The normalized spacial score (nSPS) is 51.2. The maximum atomic E-state index is 11.5. The van der Waals surface area contributed by atoms with E-state index in [1.54, 1.807) is 5.57 Å². The van der Waals surface area contributed by atoms with E-state index in [-0.39, 0.29) is 5.92 Å². The summed E-state index contributed by atoms with van der Waals surface area (Å²) in [7, 11) is 0. The predicted octanol–water partition coefficient (Wildman–Crippen LogP) is 8.16. The van der Waals surface area contributed by atoms with Gasteiger partial charge in [0.05, 0.1) is 5.92 Å². The topological polar surface area (TPSA) is 49.3 Å². The van der Waals surface area contributed by atoms with Gasteiger partial charge in [-0.3, -0.25) is 4.79 Å². The molecule has 0 aromatic heterocycles. The first kappa shape index (κ1) is 26.1. The molecule has 10 atom stereocenters. The molecule has 6 aliphatic rings. The number of nitrogens with one attached hydrogen (secondary N) is 1. The first-order chi connectivity index (χ1) is 17.6. The molecule has 4 saturated carbocycles. The van der Waals surface area contributed by atoms with E-state index in [0.29, 0.717) is 34.1 Å². The Kier molecular flexibility index (Phi) is 6.34. The van der Waals surface area contributed by atoms with Crippen molar-refractivity contribution in [3.8, 4) is 0 Å². The van der Waals surface area contributed by atoms with Crippen molar-refractivity contribution in [2.45, 2.75) is 124 Å². The first-order valence-electron chi connectivity index (χ1n) is 16.0. The van der Waals surface area contributed by atoms with E-state index in [2.05, 4.69) is 52.1 Å². The fraction of sp³-hybridized carbons (Fsp3) is 0.853. The summed E-state index contributed by atoms with van der Waals surface area (Å²) in [5.41, 5.74) is 4.81. The van der Waals surface area contributed by atoms with Crippen LogP contribution in [0.4, 0.5) is 0 Å². The maximum absolute atomic E-state index is 11.5. The van der Waals surface area contributed by atoms with Crippen LogP contribution in [0.1, 0.15) is 118 Å². The maximum Gasteiger partial charge on any atom is 0.306 e. The van der Waals surface area contributed by atoms with Crippen molar-refractivity contribution in [1.82, 2.24) is 5.32 Å². The summed E-state index contributed by atoms with van der Waals surface area (Å²) < 4.78 is 0. The summed E-state index contributed by atoms with van der Waals surface area (Å²) in [5.74, 6) is 3.17. The fourth-order valence-electron chi connectivity index (χ4n) is 12.2. The molecule has 0 aromatic carbocycles. The van der Waals surface area contributed by atoms with Crippen molar-refractivity contribution >= 4 is 5.97 Å². The molecule has 0 spiro atoms. The van der Waals surface area contributed by atoms with Gasteiger partial charge in [0.15, 0.2) is 0 Å². The van der Waals surface area contributed by atoms with Crippen LogP contribution in [-0.2, 0) is 4.79 Å². The highest BCUT2D eigenvalue weighted by Crippen LogP contribution is 2.75. The Morgan fingerprint density at radius 2 is 1.76 bits per heavy atom. The Hall–Kier alpha value is -1.09. The lowest BCUT2D eigenvalue weighted by atomic mass is 9.34. The van der Waals surface area contributed by atoms with E-state index in [1.165, 1.54) is 69.8 Å². The molecule has 6 rings (SSSR count). The molecular weight excluding hydrogens is 454 g/mol.